The molecular formula is C17H19N3O3S. The molecule has 24 heavy (non-hydrogen) atoms. The summed E-state index contributed by atoms with van der Waals surface area (Å²) in [4.78, 5) is 19.0. The number of fused-ring (bicyclic) bond motifs is 3. The molecule has 2 bridgehead atoms. The summed E-state index contributed by atoms with van der Waals surface area (Å²) in [6.45, 7) is 3.25. The number of phenols is 1. The first-order valence-corrected chi connectivity index (χ1v) is 8.95. The molecule has 1 aromatic heterocycles. The molecule has 6 nitrogen and oxygen atoms in total. The molecule has 0 radical (unpaired) electrons. The molecule has 0 spiro atoms. The molecule has 1 amide bonds. The number of carbonyl (C=O) groups excluding carboxylic acids is 1. The third kappa shape index (κ3) is 3.22. The number of benzene rings is 1. The number of thiazole rings is 1. The Morgan fingerprint density at radius 2 is 2.04 bits per heavy atom. The van der Waals surface area contributed by atoms with Crippen LogP contribution in [0, 0.1) is 5.92 Å². The standard InChI is InChI=1S/C17H19N3O3S/c21-12-1-3-13(4-2-12)23-15-9-18-17(24-15)16(22)19-14-10-20-7-5-11(14)6-8-20/h1-4,9,11,14,21H,5-8,10H2,(H,19,22)/t14-/m0/s1. The lowest BCUT2D eigenvalue weighted by Gasteiger charge is -2.44. The van der Waals surface area contributed by atoms with Crippen molar-refractivity contribution in [3.8, 4) is 16.6 Å². The van der Waals surface area contributed by atoms with Gasteiger partial charge in [0.2, 0.25) is 5.06 Å². The van der Waals surface area contributed by atoms with Gasteiger partial charge in [-0.15, -0.1) is 0 Å². The van der Waals surface area contributed by atoms with Crippen LogP contribution in [0.25, 0.3) is 0 Å². The summed E-state index contributed by atoms with van der Waals surface area (Å²) in [5, 5.41) is 13.4. The fraction of sp³-hybridized carbons (Fsp3) is 0.412. The van der Waals surface area contributed by atoms with Gasteiger partial charge in [-0.25, -0.2) is 4.98 Å². The fourth-order valence-corrected chi connectivity index (χ4v) is 4.09. The zero-order valence-corrected chi connectivity index (χ0v) is 14.0. The monoisotopic (exact) mass is 345 g/mol. The Bertz CT molecular complexity index is 723. The normalized spacial score (nSPS) is 25.4. The number of rotatable bonds is 4. The van der Waals surface area contributed by atoms with E-state index in [2.05, 4.69) is 15.2 Å². The van der Waals surface area contributed by atoms with Crippen LogP contribution in [0.15, 0.2) is 30.5 Å². The third-order valence-corrected chi connectivity index (χ3v) is 5.58. The van der Waals surface area contributed by atoms with Gasteiger partial charge in [-0.3, -0.25) is 4.79 Å². The van der Waals surface area contributed by atoms with Crippen LogP contribution in [0.4, 0.5) is 0 Å². The quantitative estimate of drug-likeness (QED) is 0.890. The summed E-state index contributed by atoms with van der Waals surface area (Å²) < 4.78 is 5.66. The molecule has 0 saturated carbocycles. The van der Waals surface area contributed by atoms with Crippen molar-refractivity contribution in [2.75, 3.05) is 19.6 Å². The number of nitrogens with zero attached hydrogens (tertiary/aromatic N) is 2. The number of nitrogens with one attached hydrogen (secondary N) is 1. The lowest BCUT2D eigenvalue weighted by Crippen LogP contribution is -2.57. The van der Waals surface area contributed by atoms with Crippen LogP contribution in [0.2, 0.25) is 0 Å². The highest BCUT2D eigenvalue weighted by atomic mass is 32.1. The second-order valence-electron chi connectivity index (χ2n) is 6.30. The van der Waals surface area contributed by atoms with E-state index < -0.39 is 0 Å². The molecule has 2 N–H and O–H groups in total. The molecule has 1 aromatic carbocycles. The number of aromatic nitrogens is 1. The van der Waals surface area contributed by atoms with Crippen molar-refractivity contribution in [2.45, 2.75) is 18.9 Å². The van der Waals surface area contributed by atoms with E-state index in [0.29, 0.717) is 21.7 Å². The van der Waals surface area contributed by atoms with E-state index in [1.54, 1.807) is 30.5 Å². The van der Waals surface area contributed by atoms with Gasteiger partial charge in [0.05, 0.1) is 6.20 Å². The van der Waals surface area contributed by atoms with Crippen molar-refractivity contribution in [3.63, 3.8) is 0 Å². The van der Waals surface area contributed by atoms with Gasteiger partial charge in [-0.1, -0.05) is 11.3 Å². The summed E-state index contributed by atoms with van der Waals surface area (Å²) in [5.74, 6) is 1.25. The van der Waals surface area contributed by atoms with Gasteiger partial charge in [-0.05, 0) is 56.1 Å². The predicted octanol–water partition coefficient (Wildman–Crippen LogP) is 2.47. The minimum Gasteiger partial charge on any atom is -0.508 e. The number of hydrogen-bond donors (Lipinski definition) is 2. The molecule has 5 rings (SSSR count). The summed E-state index contributed by atoms with van der Waals surface area (Å²) in [7, 11) is 0. The van der Waals surface area contributed by atoms with E-state index in [-0.39, 0.29) is 17.7 Å². The SMILES string of the molecule is O=C(N[C@H]1CN2CCC1CC2)c1ncc(Oc2ccc(O)cc2)s1. The van der Waals surface area contributed by atoms with Crippen molar-refractivity contribution in [2.24, 2.45) is 5.92 Å². The fourth-order valence-electron chi connectivity index (χ4n) is 3.40. The van der Waals surface area contributed by atoms with E-state index in [1.165, 1.54) is 11.3 Å². The highest BCUT2D eigenvalue weighted by Gasteiger charge is 2.35. The average Bonchev–Trinajstić information content (AvgIpc) is 3.07. The summed E-state index contributed by atoms with van der Waals surface area (Å²) in [5.41, 5.74) is 0. The number of piperidine rings is 3. The number of aromatic hydroxyl groups is 1. The number of amides is 1. The molecule has 2 aromatic rings. The number of phenolic OH excluding ortho intramolecular Hbond substituents is 1. The van der Waals surface area contributed by atoms with Gasteiger partial charge >= 0.3 is 0 Å². The van der Waals surface area contributed by atoms with Gasteiger partial charge in [0.15, 0.2) is 5.01 Å². The molecule has 126 valence electrons. The lowest BCUT2D eigenvalue weighted by atomic mass is 9.84. The van der Waals surface area contributed by atoms with Gasteiger partial charge in [0.1, 0.15) is 11.5 Å². The molecule has 3 fully saturated rings. The summed E-state index contributed by atoms with van der Waals surface area (Å²) in [6.07, 6.45) is 3.89. The number of carbonyl (C=O) groups is 1. The number of ether oxygens (including phenoxy) is 1. The highest BCUT2D eigenvalue weighted by molar-refractivity contribution is 7.15. The van der Waals surface area contributed by atoms with Crippen molar-refractivity contribution < 1.29 is 14.6 Å². The van der Waals surface area contributed by atoms with E-state index in [9.17, 15) is 9.90 Å². The van der Waals surface area contributed by atoms with E-state index in [1.807, 2.05) is 0 Å². The van der Waals surface area contributed by atoms with Crippen LogP contribution in [0.1, 0.15) is 22.6 Å². The van der Waals surface area contributed by atoms with Crippen LogP contribution in [-0.2, 0) is 0 Å². The molecule has 1 atom stereocenters. The van der Waals surface area contributed by atoms with Crippen LogP contribution in [-0.4, -0.2) is 46.6 Å². The first kappa shape index (κ1) is 15.4. The summed E-state index contributed by atoms with van der Waals surface area (Å²) >= 11 is 1.23. The predicted molar refractivity (Wildman–Crippen MR) is 90.7 cm³/mol. The van der Waals surface area contributed by atoms with Crippen LogP contribution in [0.3, 0.4) is 0 Å². The van der Waals surface area contributed by atoms with Gasteiger partial charge in [-0.2, -0.15) is 0 Å². The van der Waals surface area contributed by atoms with E-state index >= 15 is 0 Å². The van der Waals surface area contributed by atoms with E-state index in [0.717, 1.165) is 32.5 Å². The smallest absolute Gasteiger partial charge is 0.280 e. The Balaban J connectivity index is 1.39. The Morgan fingerprint density at radius 3 is 2.71 bits per heavy atom. The zero-order chi connectivity index (χ0) is 16.5. The van der Waals surface area contributed by atoms with Crippen LogP contribution < -0.4 is 10.1 Å². The first-order chi connectivity index (χ1) is 11.7. The molecule has 3 aliphatic heterocycles. The van der Waals surface area contributed by atoms with Crippen molar-refractivity contribution in [1.29, 1.82) is 0 Å². The summed E-state index contributed by atoms with van der Waals surface area (Å²) in [6, 6.07) is 6.67. The van der Waals surface area contributed by atoms with Gasteiger partial charge < -0.3 is 20.1 Å². The Morgan fingerprint density at radius 1 is 1.29 bits per heavy atom. The molecule has 4 heterocycles. The maximum atomic E-state index is 12.4. The largest absolute Gasteiger partial charge is 0.508 e. The number of hydrogen-bond acceptors (Lipinski definition) is 6. The first-order valence-electron chi connectivity index (χ1n) is 8.13. The van der Waals surface area contributed by atoms with Crippen LogP contribution in [0.5, 0.6) is 16.6 Å². The second-order valence-corrected chi connectivity index (χ2v) is 7.29. The van der Waals surface area contributed by atoms with Gasteiger partial charge in [0.25, 0.3) is 5.91 Å². The zero-order valence-electron chi connectivity index (χ0n) is 13.1. The molecular weight excluding hydrogens is 326 g/mol. The Hall–Kier alpha value is -2.12. The Labute approximate surface area is 144 Å². The molecule has 0 aliphatic carbocycles. The molecule has 7 heteroatoms. The minimum atomic E-state index is -0.126. The molecule has 3 saturated heterocycles. The molecule has 0 unspecified atom stereocenters. The van der Waals surface area contributed by atoms with E-state index in [4.69, 9.17) is 4.74 Å². The average molecular weight is 345 g/mol. The van der Waals surface area contributed by atoms with Crippen molar-refractivity contribution in [1.82, 2.24) is 15.2 Å². The molecule has 3 aliphatic rings. The second kappa shape index (κ2) is 6.41. The van der Waals surface area contributed by atoms with Gasteiger partial charge in [0, 0.05) is 12.6 Å². The van der Waals surface area contributed by atoms with Crippen LogP contribution >= 0.6 is 11.3 Å². The Kier molecular flexibility index (Phi) is 4.12. The maximum Gasteiger partial charge on any atom is 0.280 e. The topological polar surface area (TPSA) is 74.7 Å². The minimum absolute atomic E-state index is 0.126. The lowest BCUT2D eigenvalue weighted by molar-refractivity contribution is 0.0620. The van der Waals surface area contributed by atoms with Crippen molar-refractivity contribution >= 4 is 17.2 Å². The highest BCUT2D eigenvalue weighted by Crippen LogP contribution is 2.30. The maximum absolute atomic E-state index is 12.4. The third-order valence-electron chi connectivity index (χ3n) is 4.71. The van der Waals surface area contributed by atoms with Crippen molar-refractivity contribution in [3.05, 3.63) is 35.5 Å².